The maximum absolute atomic E-state index is 14.9. The Hall–Kier alpha value is -3.43. The minimum Gasteiger partial charge on any atom is -0.462 e. The first-order valence-corrected chi connectivity index (χ1v) is 17.7. The van der Waals surface area contributed by atoms with Gasteiger partial charge in [-0.3, -0.25) is 28.8 Å². The van der Waals surface area contributed by atoms with E-state index in [1.54, 1.807) is 20.8 Å². The van der Waals surface area contributed by atoms with E-state index >= 15 is 0 Å². The van der Waals surface area contributed by atoms with Crippen molar-refractivity contribution >= 4 is 41.4 Å². The monoisotopic (exact) mass is 716 g/mol. The van der Waals surface area contributed by atoms with Gasteiger partial charge in [-0.05, 0) is 32.1 Å². The van der Waals surface area contributed by atoms with Crippen molar-refractivity contribution in [2.45, 2.75) is 123 Å². The van der Waals surface area contributed by atoms with Crippen molar-refractivity contribution in [3.63, 3.8) is 0 Å². The molecule has 0 unspecified atom stereocenters. The molecule has 5 aliphatic carbocycles. The average Bonchev–Trinajstić information content (AvgIpc) is 3.92. The number of carbonyl (C=O) groups is 7. The van der Waals surface area contributed by atoms with Crippen LogP contribution in [0.4, 0.5) is 0 Å². The number of hydrogen-bond donors (Lipinski definition) is 1. The van der Waals surface area contributed by atoms with Crippen molar-refractivity contribution in [3.05, 3.63) is 0 Å². The van der Waals surface area contributed by atoms with Gasteiger partial charge >= 0.3 is 29.8 Å². The lowest BCUT2D eigenvalue weighted by Crippen LogP contribution is -2.74. The number of rotatable bonds is 4. The number of Topliss-reactive ketones (excluding diaryl/α,β-unsaturated/α-hetero) is 2. The van der Waals surface area contributed by atoms with Crippen molar-refractivity contribution in [1.82, 2.24) is 0 Å². The Bertz CT molecular complexity index is 1700. The highest BCUT2D eigenvalue weighted by atomic mass is 16.8. The third-order valence-electron chi connectivity index (χ3n) is 14.8. The van der Waals surface area contributed by atoms with Crippen LogP contribution in [-0.2, 0) is 66.7 Å². The molecule has 15 nitrogen and oxygen atoms in total. The van der Waals surface area contributed by atoms with Gasteiger partial charge in [0, 0.05) is 68.1 Å². The van der Waals surface area contributed by atoms with Crippen LogP contribution in [0.3, 0.4) is 0 Å². The van der Waals surface area contributed by atoms with Crippen LogP contribution < -0.4 is 0 Å². The molecule has 8 aliphatic rings. The molecule has 0 bridgehead atoms. The van der Waals surface area contributed by atoms with Gasteiger partial charge in [-0.1, -0.05) is 20.8 Å². The standard InChI is InChI=1S/C36H44O15/c1-11-19-22(34(8)35(9,44)31(43)51-36(34)28(11)50-36)26(45-12(2)37)20-18-21(27(46-13(3)38)30(33(19,20)7)48-15(5)40)32(6)16(23(41)24(18)42)10-17-25(49-17)29(32)47-14(4)39/h11,16-22,25-30,44H,10H2,1-9H3/t11-,16+,17-,18-,19-,20+,21+,22-,25-,26+,27-,28+,29-,30-,32-,33+,34-,35+,36-/m0/s1. The van der Waals surface area contributed by atoms with Crippen molar-refractivity contribution in [3.8, 4) is 0 Å². The summed E-state index contributed by atoms with van der Waals surface area (Å²) in [5.41, 5.74) is -6.57. The molecule has 5 saturated carbocycles. The number of fused-ring (bicyclic) bond motifs is 9. The molecule has 1 N–H and O–H groups in total. The van der Waals surface area contributed by atoms with Crippen LogP contribution in [0.5, 0.6) is 0 Å². The van der Waals surface area contributed by atoms with E-state index in [0.717, 1.165) is 0 Å². The van der Waals surface area contributed by atoms with E-state index in [9.17, 15) is 38.7 Å². The van der Waals surface area contributed by atoms with Crippen LogP contribution in [0.25, 0.3) is 0 Å². The highest BCUT2D eigenvalue weighted by molar-refractivity contribution is 6.40. The molecule has 3 aliphatic heterocycles. The Labute approximate surface area is 293 Å². The van der Waals surface area contributed by atoms with Crippen LogP contribution in [0, 0.1) is 57.7 Å². The summed E-state index contributed by atoms with van der Waals surface area (Å²) >= 11 is 0. The summed E-state index contributed by atoms with van der Waals surface area (Å²) in [7, 11) is 0. The van der Waals surface area contributed by atoms with Gasteiger partial charge in [-0.2, -0.15) is 0 Å². The third kappa shape index (κ3) is 3.87. The number of ether oxygens (including phenoxy) is 7. The number of aliphatic hydroxyl groups is 1. The second-order valence-electron chi connectivity index (χ2n) is 17.0. The van der Waals surface area contributed by atoms with Crippen molar-refractivity contribution < 1.29 is 71.8 Å². The number of carbonyl (C=O) groups excluding carboxylic acids is 7. The van der Waals surface area contributed by atoms with E-state index in [-0.39, 0.29) is 6.42 Å². The quantitative estimate of drug-likeness (QED) is 0.185. The van der Waals surface area contributed by atoms with Gasteiger partial charge in [-0.15, -0.1) is 0 Å². The number of esters is 5. The van der Waals surface area contributed by atoms with Gasteiger partial charge in [0.15, 0.2) is 5.60 Å². The normalized spacial score (nSPS) is 55.2. The lowest BCUT2D eigenvalue weighted by Gasteiger charge is -2.63. The zero-order chi connectivity index (χ0) is 37.3. The smallest absolute Gasteiger partial charge is 0.341 e. The number of hydrogen-bond acceptors (Lipinski definition) is 15. The predicted molar refractivity (Wildman–Crippen MR) is 164 cm³/mol. The molecule has 15 heteroatoms. The minimum absolute atomic E-state index is 0.150. The van der Waals surface area contributed by atoms with Crippen LogP contribution in [0.1, 0.15) is 68.7 Å². The number of epoxide rings is 2. The molecule has 0 radical (unpaired) electrons. The summed E-state index contributed by atoms with van der Waals surface area (Å²) < 4.78 is 42.5. The SMILES string of the molecule is CC(=O)O[C@@H]1[C@H]2[C@@H]3C(=O)C(=O)[C@H]4C[C@@H]5O[C@@H]5[C@H](OC(C)=O)[C@]4(C)[C@H]3[C@H](OC(C)=O)[C@H](OC(C)=O)[C@]2(C)[C@H]2[C@H](C)[C@H]3O[C@]34OC(=O)[C@@](C)(O)[C@]4(C)[C@H]12. The molecule has 0 aromatic heterocycles. The van der Waals surface area contributed by atoms with Gasteiger partial charge < -0.3 is 38.3 Å². The third-order valence-corrected chi connectivity index (χ3v) is 14.8. The fraction of sp³-hybridized carbons (Fsp3) is 0.806. The van der Waals surface area contributed by atoms with Gasteiger partial charge in [0.2, 0.25) is 17.4 Å². The first kappa shape index (κ1) is 34.6. The van der Waals surface area contributed by atoms with Crippen LogP contribution in [-0.4, -0.2) is 101 Å². The number of ketones is 2. The molecule has 1 spiro atoms. The highest BCUT2D eigenvalue weighted by Gasteiger charge is 2.93. The van der Waals surface area contributed by atoms with Crippen molar-refractivity contribution in [2.24, 2.45) is 57.7 Å². The molecular formula is C36H44O15. The first-order chi connectivity index (χ1) is 23.6. The summed E-state index contributed by atoms with van der Waals surface area (Å²) in [5.74, 6) is -13.7. The van der Waals surface area contributed by atoms with Gasteiger partial charge in [0.1, 0.15) is 36.6 Å². The van der Waals surface area contributed by atoms with Gasteiger partial charge in [0.05, 0.1) is 11.5 Å². The molecule has 19 atom stereocenters. The van der Waals surface area contributed by atoms with E-state index in [1.807, 2.05) is 6.92 Å². The second kappa shape index (κ2) is 10.2. The van der Waals surface area contributed by atoms with E-state index in [1.165, 1.54) is 34.6 Å². The van der Waals surface area contributed by atoms with Gasteiger partial charge in [0.25, 0.3) is 0 Å². The predicted octanol–water partition coefficient (Wildman–Crippen LogP) is 0.832. The minimum atomic E-state index is -2.18. The van der Waals surface area contributed by atoms with Crippen LogP contribution >= 0.6 is 0 Å². The largest absolute Gasteiger partial charge is 0.462 e. The zero-order valence-corrected chi connectivity index (χ0v) is 30.0. The summed E-state index contributed by atoms with van der Waals surface area (Å²) in [4.78, 5) is 94.8. The van der Waals surface area contributed by atoms with Crippen molar-refractivity contribution in [1.29, 1.82) is 0 Å². The van der Waals surface area contributed by atoms with E-state index < -0.39 is 153 Å². The van der Waals surface area contributed by atoms with Crippen LogP contribution in [0.2, 0.25) is 0 Å². The lowest BCUT2D eigenvalue weighted by atomic mass is 9.41. The summed E-state index contributed by atoms with van der Waals surface area (Å²) in [6, 6.07) is 0. The van der Waals surface area contributed by atoms with Crippen molar-refractivity contribution in [2.75, 3.05) is 0 Å². The fourth-order valence-corrected chi connectivity index (χ4v) is 12.9. The molecule has 8 fully saturated rings. The average molecular weight is 717 g/mol. The summed E-state index contributed by atoms with van der Waals surface area (Å²) in [6.07, 6.45) is -6.63. The molecule has 278 valence electrons. The maximum Gasteiger partial charge on any atom is 0.341 e. The summed E-state index contributed by atoms with van der Waals surface area (Å²) in [6.45, 7) is 13.1. The maximum atomic E-state index is 14.9. The molecular weight excluding hydrogens is 672 g/mol. The Morgan fingerprint density at radius 3 is 1.86 bits per heavy atom. The molecule has 0 amide bonds. The molecule has 0 aromatic carbocycles. The summed E-state index contributed by atoms with van der Waals surface area (Å²) in [5, 5.41) is 12.0. The Balaban J connectivity index is 1.42. The lowest BCUT2D eigenvalue weighted by molar-refractivity contribution is -0.256. The molecule has 8 rings (SSSR count). The van der Waals surface area contributed by atoms with E-state index in [2.05, 4.69) is 0 Å². The van der Waals surface area contributed by atoms with E-state index in [4.69, 9.17) is 33.2 Å². The topological polar surface area (TPSA) is 211 Å². The molecule has 3 saturated heterocycles. The Morgan fingerprint density at radius 2 is 1.27 bits per heavy atom. The second-order valence-corrected chi connectivity index (χ2v) is 17.0. The fourth-order valence-electron chi connectivity index (χ4n) is 12.9. The van der Waals surface area contributed by atoms with E-state index in [0.29, 0.717) is 0 Å². The Morgan fingerprint density at radius 1 is 0.725 bits per heavy atom. The zero-order valence-electron chi connectivity index (χ0n) is 30.0. The molecule has 0 aromatic rings. The van der Waals surface area contributed by atoms with Gasteiger partial charge in [-0.25, -0.2) is 4.79 Å². The Kier molecular flexibility index (Phi) is 6.90. The highest BCUT2D eigenvalue weighted by Crippen LogP contribution is 2.81. The molecule has 51 heavy (non-hydrogen) atoms. The first-order valence-electron chi connectivity index (χ1n) is 17.7. The van der Waals surface area contributed by atoms with Crippen LogP contribution in [0.15, 0.2) is 0 Å². The molecule has 3 heterocycles.